The predicted octanol–water partition coefficient (Wildman–Crippen LogP) is 0.974. The summed E-state index contributed by atoms with van der Waals surface area (Å²) < 4.78 is 0. The van der Waals surface area contributed by atoms with Crippen LogP contribution in [0.2, 0.25) is 0 Å². The second kappa shape index (κ2) is 5.95. The van der Waals surface area contributed by atoms with Gasteiger partial charge in [0.2, 0.25) is 0 Å². The molecule has 0 bridgehead atoms. The number of nitrogens with zero attached hydrogens (tertiary/aromatic N) is 2. The molecule has 3 heteroatoms. The molecule has 0 saturated carbocycles. The van der Waals surface area contributed by atoms with Gasteiger partial charge < -0.3 is 10.2 Å². The van der Waals surface area contributed by atoms with Crippen LogP contribution in [0.15, 0.2) is 0 Å². The Balaban J connectivity index is 1.96. The molecule has 1 rings (SSSR count). The van der Waals surface area contributed by atoms with Gasteiger partial charge in [-0.15, -0.1) is 0 Å². The third-order valence-electron chi connectivity index (χ3n) is 2.69. The maximum atomic E-state index is 8.33. The molecule has 0 aromatic carbocycles. The maximum Gasteiger partial charge on any atom is 0.0622 e. The Labute approximate surface area is 80.7 Å². The van der Waals surface area contributed by atoms with Crippen molar-refractivity contribution in [1.29, 1.82) is 5.26 Å². The van der Waals surface area contributed by atoms with Crippen molar-refractivity contribution in [1.82, 2.24) is 10.2 Å². The third kappa shape index (κ3) is 3.75. The summed E-state index contributed by atoms with van der Waals surface area (Å²) in [6.07, 6.45) is 4.31. The van der Waals surface area contributed by atoms with E-state index in [4.69, 9.17) is 5.26 Å². The van der Waals surface area contributed by atoms with E-state index in [0.717, 1.165) is 25.6 Å². The second-order valence-corrected chi connectivity index (χ2v) is 3.74. The molecule has 1 saturated heterocycles. The van der Waals surface area contributed by atoms with Gasteiger partial charge in [-0.25, -0.2) is 0 Å². The Hall–Kier alpha value is -0.590. The molecule has 13 heavy (non-hydrogen) atoms. The van der Waals surface area contributed by atoms with Crippen LogP contribution in [0, 0.1) is 11.3 Å². The minimum Gasteiger partial charge on any atom is -0.315 e. The van der Waals surface area contributed by atoms with Gasteiger partial charge in [0, 0.05) is 19.0 Å². The van der Waals surface area contributed by atoms with Crippen molar-refractivity contribution in [3.05, 3.63) is 0 Å². The number of hydrogen-bond donors (Lipinski definition) is 1. The molecule has 1 atom stereocenters. The van der Waals surface area contributed by atoms with E-state index in [-0.39, 0.29) is 0 Å². The lowest BCUT2D eigenvalue weighted by Crippen LogP contribution is -2.35. The number of likely N-dealkylation sites (N-methyl/N-ethyl adjacent to an activating group) is 1. The summed E-state index contributed by atoms with van der Waals surface area (Å²) in [4.78, 5) is 2.41. The predicted molar refractivity (Wildman–Crippen MR) is 53.4 cm³/mol. The quantitative estimate of drug-likeness (QED) is 0.642. The first kappa shape index (κ1) is 10.5. The minimum atomic E-state index is 0.674. The van der Waals surface area contributed by atoms with E-state index in [0.29, 0.717) is 6.42 Å². The van der Waals surface area contributed by atoms with Gasteiger partial charge in [0.1, 0.15) is 0 Å². The van der Waals surface area contributed by atoms with Gasteiger partial charge in [-0.2, -0.15) is 5.26 Å². The van der Waals surface area contributed by atoms with Crippen molar-refractivity contribution in [3.63, 3.8) is 0 Å². The lowest BCUT2D eigenvalue weighted by molar-refractivity contribution is 0.300. The Morgan fingerprint density at radius 2 is 2.46 bits per heavy atom. The zero-order valence-electron chi connectivity index (χ0n) is 8.42. The molecule has 0 aromatic heterocycles. The van der Waals surface area contributed by atoms with Gasteiger partial charge >= 0.3 is 0 Å². The van der Waals surface area contributed by atoms with Crippen molar-refractivity contribution in [2.45, 2.75) is 31.7 Å². The smallest absolute Gasteiger partial charge is 0.0622 e. The van der Waals surface area contributed by atoms with E-state index in [9.17, 15) is 0 Å². The molecule has 0 spiro atoms. The van der Waals surface area contributed by atoms with Gasteiger partial charge in [0.05, 0.1) is 6.07 Å². The van der Waals surface area contributed by atoms with Crippen molar-refractivity contribution in [2.75, 3.05) is 26.7 Å². The zero-order valence-corrected chi connectivity index (χ0v) is 8.42. The molecule has 0 aliphatic carbocycles. The fraction of sp³-hybridized carbons (Fsp3) is 0.900. The van der Waals surface area contributed by atoms with E-state index >= 15 is 0 Å². The van der Waals surface area contributed by atoms with Crippen LogP contribution in [0.3, 0.4) is 0 Å². The first-order chi connectivity index (χ1) is 6.34. The fourth-order valence-corrected chi connectivity index (χ4v) is 1.80. The van der Waals surface area contributed by atoms with Crippen molar-refractivity contribution < 1.29 is 0 Å². The lowest BCUT2D eigenvalue weighted by atomic mass is 10.2. The highest BCUT2D eigenvalue weighted by molar-refractivity contribution is 4.78. The van der Waals surface area contributed by atoms with Crippen LogP contribution in [0.1, 0.15) is 25.7 Å². The van der Waals surface area contributed by atoms with Gasteiger partial charge in [-0.05, 0) is 39.4 Å². The first-order valence-corrected chi connectivity index (χ1v) is 5.12. The summed E-state index contributed by atoms with van der Waals surface area (Å²) >= 11 is 0. The largest absolute Gasteiger partial charge is 0.315 e. The fourth-order valence-electron chi connectivity index (χ4n) is 1.80. The van der Waals surface area contributed by atoms with Crippen LogP contribution in [0.5, 0.6) is 0 Å². The lowest BCUT2D eigenvalue weighted by Gasteiger charge is -2.19. The Bertz CT molecular complexity index is 173. The van der Waals surface area contributed by atoms with Gasteiger partial charge in [0.15, 0.2) is 0 Å². The Morgan fingerprint density at radius 1 is 1.62 bits per heavy atom. The van der Waals surface area contributed by atoms with E-state index in [1.165, 1.54) is 19.4 Å². The minimum absolute atomic E-state index is 0.674. The average molecular weight is 181 g/mol. The highest BCUT2D eigenvalue weighted by Gasteiger charge is 2.19. The highest BCUT2D eigenvalue weighted by atomic mass is 15.2. The zero-order chi connectivity index (χ0) is 9.52. The number of likely N-dealkylation sites (tertiary alicyclic amines) is 1. The normalized spacial score (nSPS) is 23.2. The number of unbranched alkanes of at least 4 members (excludes halogenated alkanes) is 1. The van der Waals surface area contributed by atoms with Crippen LogP contribution >= 0.6 is 0 Å². The second-order valence-electron chi connectivity index (χ2n) is 3.74. The number of hydrogen-bond acceptors (Lipinski definition) is 3. The molecule has 74 valence electrons. The van der Waals surface area contributed by atoms with Gasteiger partial charge in [0.25, 0.3) is 0 Å². The monoisotopic (exact) mass is 181 g/mol. The van der Waals surface area contributed by atoms with Crippen LogP contribution in [-0.2, 0) is 0 Å². The van der Waals surface area contributed by atoms with Crippen LogP contribution in [-0.4, -0.2) is 37.6 Å². The molecule has 0 aromatic rings. The number of rotatable bonds is 5. The molecular weight excluding hydrogens is 162 g/mol. The molecule has 1 N–H and O–H groups in total. The maximum absolute atomic E-state index is 8.33. The van der Waals surface area contributed by atoms with E-state index in [1.807, 2.05) is 0 Å². The molecule has 1 heterocycles. The Morgan fingerprint density at radius 3 is 3.08 bits per heavy atom. The molecule has 1 fully saturated rings. The van der Waals surface area contributed by atoms with Gasteiger partial charge in [-0.1, -0.05) is 0 Å². The molecular formula is C10H19N3. The van der Waals surface area contributed by atoms with E-state index in [1.54, 1.807) is 0 Å². The van der Waals surface area contributed by atoms with Crippen LogP contribution in [0.25, 0.3) is 0 Å². The van der Waals surface area contributed by atoms with Crippen molar-refractivity contribution in [2.24, 2.45) is 0 Å². The number of nitrogens with one attached hydrogen (secondary N) is 1. The molecule has 3 nitrogen and oxygen atoms in total. The third-order valence-corrected chi connectivity index (χ3v) is 2.69. The van der Waals surface area contributed by atoms with E-state index in [2.05, 4.69) is 23.3 Å². The highest BCUT2D eigenvalue weighted by Crippen LogP contribution is 2.13. The van der Waals surface area contributed by atoms with Crippen molar-refractivity contribution >= 4 is 0 Å². The van der Waals surface area contributed by atoms with Crippen LogP contribution in [0.4, 0.5) is 0 Å². The molecule has 0 radical (unpaired) electrons. The average Bonchev–Trinajstić information content (AvgIpc) is 2.52. The van der Waals surface area contributed by atoms with Crippen molar-refractivity contribution in [3.8, 4) is 6.07 Å². The summed E-state index contributed by atoms with van der Waals surface area (Å²) in [5.41, 5.74) is 0. The Kier molecular flexibility index (Phi) is 4.81. The van der Waals surface area contributed by atoms with Crippen LogP contribution < -0.4 is 5.32 Å². The SMILES string of the molecule is CN1CCCC1CNCCCC#N. The topological polar surface area (TPSA) is 39.1 Å². The molecule has 1 unspecified atom stereocenters. The first-order valence-electron chi connectivity index (χ1n) is 5.12. The summed E-state index contributed by atoms with van der Waals surface area (Å²) in [5, 5.41) is 11.7. The standard InChI is InChI=1S/C10H19N3/c1-13-8-4-5-10(13)9-12-7-3-2-6-11/h10,12H,2-5,7-9H2,1H3. The van der Waals surface area contributed by atoms with Gasteiger partial charge in [-0.3, -0.25) is 0 Å². The summed E-state index contributed by atoms with van der Waals surface area (Å²) in [6, 6.07) is 2.88. The van der Waals surface area contributed by atoms with E-state index < -0.39 is 0 Å². The number of nitriles is 1. The summed E-state index contributed by atoms with van der Waals surface area (Å²) in [5.74, 6) is 0. The molecule has 1 aliphatic rings. The summed E-state index contributed by atoms with van der Waals surface area (Å²) in [7, 11) is 2.19. The molecule has 1 aliphatic heterocycles. The summed E-state index contributed by atoms with van der Waals surface area (Å²) in [6.45, 7) is 3.31. The molecule has 0 amide bonds.